The van der Waals surface area contributed by atoms with E-state index in [0.29, 0.717) is 0 Å². The van der Waals surface area contributed by atoms with Crippen LogP contribution >= 0.6 is 0 Å². The molecule has 104 valence electrons. The number of rotatable bonds is 4. The van der Waals surface area contributed by atoms with E-state index in [4.69, 9.17) is 0 Å². The van der Waals surface area contributed by atoms with Crippen LogP contribution in [-0.2, 0) is 0 Å². The lowest BCUT2D eigenvalue weighted by Crippen LogP contribution is -1.99. The van der Waals surface area contributed by atoms with Gasteiger partial charge in [0, 0.05) is 24.0 Å². The second-order valence-corrected chi connectivity index (χ2v) is 4.16. The van der Waals surface area contributed by atoms with Gasteiger partial charge in [-0.2, -0.15) is 5.10 Å². The topological polar surface area (TPSA) is 91.1 Å². The molecule has 0 fully saturated rings. The lowest BCUT2D eigenvalue weighted by Gasteiger charge is -2.05. The van der Waals surface area contributed by atoms with Crippen molar-refractivity contribution in [3.05, 3.63) is 71.1 Å². The van der Waals surface area contributed by atoms with Gasteiger partial charge in [-0.25, -0.2) is 4.68 Å². The Morgan fingerprint density at radius 3 is 2.52 bits per heavy atom. The number of nitro groups is 1. The summed E-state index contributed by atoms with van der Waals surface area (Å²) in [4.78, 5) is 10.2. The Kier molecular flexibility index (Phi) is 3.26. The molecule has 0 aliphatic heterocycles. The van der Waals surface area contributed by atoms with E-state index >= 15 is 0 Å². The summed E-state index contributed by atoms with van der Waals surface area (Å²) in [5, 5.41) is 22.2. The van der Waals surface area contributed by atoms with Gasteiger partial charge in [0.1, 0.15) is 12.7 Å². The molecule has 0 radical (unpaired) electrons. The quantitative estimate of drug-likeness (QED) is 0.415. The zero-order valence-electron chi connectivity index (χ0n) is 10.8. The van der Waals surface area contributed by atoms with Crippen molar-refractivity contribution in [1.82, 2.24) is 19.4 Å². The van der Waals surface area contributed by atoms with E-state index in [1.165, 1.54) is 29.5 Å². The maximum atomic E-state index is 10.7. The zero-order chi connectivity index (χ0) is 14.7. The van der Waals surface area contributed by atoms with Crippen molar-refractivity contribution < 1.29 is 4.92 Å². The van der Waals surface area contributed by atoms with Crippen LogP contribution in [0.2, 0.25) is 0 Å². The summed E-state index contributed by atoms with van der Waals surface area (Å²) in [5.41, 5.74) is 1.71. The van der Waals surface area contributed by atoms with Gasteiger partial charge in [0.2, 0.25) is 0 Å². The predicted octanol–water partition coefficient (Wildman–Crippen LogP) is 1.86. The second kappa shape index (κ2) is 5.37. The minimum absolute atomic E-state index is 0.0608. The largest absolute Gasteiger partial charge is 0.316 e. The molecule has 0 saturated carbocycles. The fourth-order valence-corrected chi connectivity index (χ4v) is 1.85. The van der Waals surface area contributed by atoms with Gasteiger partial charge in [-0.1, -0.05) is 0 Å². The molecular weight excluding hydrogens is 272 g/mol. The second-order valence-electron chi connectivity index (χ2n) is 4.16. The van der Waals surface area contributed by atoms with E-state index < -0.39 is 4.92 Å². The van der Waals surface area contributed by atoms with Gasteiger partial charge >= 0.3 is 0 Å². The van der Waals surface area contributed by atoms with Gasteiger partial charge in [-0.3, -0.25) is 10.1 Å². The highest BCUT2D eigenvalue weighted by Crippen LogP contribution is 2.16. The average Bonchev–Trinajstić information content (AvgIpc) is 3.16. The van der Waals surface area contributed by atoms with Crippen molar-refractivity contribution in [3.63, 3.8) is 0 Å². The molecule has 0 aliphatic rings. The molecule has 0 saturated heterocycles. The first-order chi connectivity index (χ1) is 10.2. The van der Waals surface area contributed by atoms with Crippen molar-refractivity contribution in [3.8, 4) is 5.69 Å². The summed E-state index contributed by atoms with van der Waals surface area (Å²) in [6.07, 6.45) is 6.48. The van der Waals surface area contributed by atoms with Crippen LogP contribution < -0.4 is 0 Å². The van der Waals surface area contributed by atoms with Crippen LogP contribution in [0.4, 0.5) is 5.69 Å². The number of nitrogens with zero attached hydrogens (tertiary/aromatic N) is 6. The minimum atomic E-state index is -0.423. The van der Waals surface area contributed by atoms with E-state index in [1.807, 2.05) is 22.9 Å². The van der Waals surface area contributed by atoms with Crippen molar-refractivity contribution in [2.75, 3.05) is 0 Å². The number of benzene rings is 1. The third-order valence-corrected chi connectivity index (χ3v) is 2.85. The molecule has 1 aromatic carbocycles. The summed E-state index contributed by atoms with van der Waals surface area (Å²) in [6.45, 7) is 0. The van der Waals surface area contributed by atoms with E-state index in [1.54, 1.807) is 18.3 Å². The van der Waals surface area contributed by atoms with Crippen LogP contribution in [0.15, 0.2) is 60.4 Å². The molecule has 0 amide bonds. The monoisotopic (exact) mass is 282 g/mol. The van der Waals surface area contributed by atoms with E-state index in [9.17, 15) is 10.1 Å². The molecule has 3 rings (SSSR count). The summed E-state index contributed by atoms with van der Waals surface area (Å²) < 4.78 is 3.35. The molecule has 8 heteroatoms. The lowest BCUT2D eigenvalue weighted by atomic mass is 10.3. The fourth-order valence-electron chi connectivity index (χ4n) is 1.85. The van der Waals surface area contributed by atoms with Crippen molar-refractivity contribution in [2.45, 2.75) is 0 Å². The molecular formula is C13H10N6O2. The molecule has 0 atom stereocenters. The fraction of sp³-hybridized carbons (Fsp3) is 0. The predicted molar refractivity (Wildman–Crippen MR) is 75.4 cm³/mol. The van der Waals surface area contributed by atoms with Gasteiger partial charge in [0.15, 0.2) is 0 Å². The van der Waals surface area contributed by atoms with E-state index in [2.05, 4.69) is 15.3 Å². The third kappa shape index (κ3) is 2.68. The summed E-state index contributed by atoms with van der Waals surface area (Å²) >= 11 is 0. The Hall–Kier alpha value is -3.29. The molecule has 3 aromatic rings. The first kappa shape index (κ1) is 12.7. The highest BCUT2D eigenvalue weighted by atomic mass is 16.6. The number of non-ortho nitro benzene ring substituents is 1. The van der Waals surface area contributed by atoms with E-state index in [-0.39, 0.29) is 5.69 Å². The highest BCUT2D eigenvalue weighted by molar-refractivity contribution is 5.78. The molecule has 0 N–H and O–H groups in total. The number of nitro benzene ring substituents is 1. The zero-order valence-corrected chi connectivity index (χ0v) is 10.8. The lowest BCUT2D eigenvalue weighted by molar-refractivity contribution is -0.384. The van der Waals surface area contributed by atoms with Gasteiger partial charge < -0.3 is 4.57 Å². The van der Waals surface area contributed by atoms with Gasteiger partial charge in [0.05, 0.1) is 16.8 Å². The number of hydrogen-bond donors (Lipinski definition) is 0. The van der Waals surface area contributed by atoms with Gasteiger partial charge in [0.25, 0.3) is 5.69 Å². The maximum Gasteiger partial charge on any atom is 0.269 e. The van der Waals surface area contributed by atoms with E-state index in [0.717, 1.165) is 11.4 Å². The van der Waals surface area contributed by atoms with Crippen molar-refractivity contribution in [1.29, 1.82) is 0 Å². The maximum absolute atomic E-state index is 10.7. The van der Waals surface area contributed by atoms with Crippen LogP contribution in [0.25, 0.3) is 5.69 Å². The van der Waals surface area contributed by atoms with Crippen molar-refractivity contribution in [2.24, 2.45) is 5.10 Å². The molecule has 0 bridgehead atoms. The molecule has 21 heavy (non-hydrogen) atoms. The molecule has 2 aromatic heterocycles. The summed E-state index contributed by atoms with van der Waals surface area (Å²) in [7, 11) is 0. The molecule has 0 aliphatic carbocycles. The number of aromatic nitrogens is 4. The standard InChI is InChI=1S/C13H10N6O2/c20-19(21)12-5-3-11(4-6-12)18-7-1-2-13(18)8-16-17-9-14-15-10-17/h1-10H. The molecule has 0 unspecified atom stereocenters. The molecule has 0 spiro atoms. The van der Waals surface area contributed by atoms with Crippen LogP contribution in [0.5, 0.6) is 0 Å². The normalized spacial score (nSPS) is 11.0. The Morgan fingerprint density at radius 1 is 1.14 bits per heavy atom. The van der Waals surface area contributed by atoms with Crippen LogP contribution in [0.1, 0.15) is 5.69 Å². The van der Waals surface area contributed by atoms with Gasteiger partial charge in [-0.15, -0.1) is 10.2 Å². The molecule has 8 nitrogen and oxygen atoms in total. The Balaban J connectivity index is 1.89. The average molecular weight is 282 g/mol. The van der Waals surface area contributed by atoms with Crippen LogP contribution in [0, 0.1) is 10.1 Å². The Morgan fingerprint density at radius 2 is 1.86 bits per heavy atom. The smallest absolute Gasteiger partial charge is 0.269 e. The minimum Gasteiger partial charge on any atom is -0.316 e. The van der Waals surface area contributed by atoms with Crippen LogP contribution in [-0.4, -0.2) is 30.6 Å². The van der Waals surface area contributed by atoms with Crippen LogP contribution in [0.3, 0.4) is 0 Å². The summed E-state index contributed by atoms with van der Waals surface area (Å²) in [6, 6.07) is 10.1. The van der Waals surface area contributed by atoms with Gasteiger partial charge in [-0.05, 0) is 24.3 Å². The number of hydrogen-bond acceptors (Lipinski definition) is 5. The first-order valence-corrected chi connectivity index (χ1v) is 6.05. The Bertz CT molecular complexity index is 773. The van der Waals surface area contributed by atoms with Crippen molar-refractivity contribution >= 4 is 11.9 Å². The third-order valence-electron chi connectivity index (χ3n) is 2.85. The Labute approximate surface area is 119 Å². The molecule has 2 heterocycles. The highest BCUT2D eigenvalue weighted by Gasteiger charge is 2.06. The summed E-state index contributed by atoms with van der Waals surface area (Å²) in [5.74, 6) is 0. The SMILES string of the molecule is O=[N+]([O-])c1ccc(-n2cccc2C=Nn2cnnc2)cc1. The first-order valence-electron chi connectivity index (χ1n) is 6.05.